The van der Waals surface area contributed by atoms with Crippen molar-refractivity contribution in [3.8, 4) is 0 Å². The number of aromatic nitrogens is 1. The normalized spacial score (nSPS) is 18.9. The number of amides is 2. The number of carbonyl (C=O) groups excluding carboxylic acids is 2. The van der Waals surface area contributed by atoms with Gasteiger partial charge in [-0.1, -0.05) is 67.4 Å². The van der Waals surface area contributed by atoms with Crippen molar-refractivity contribution in [2.45, 2.75) is 44.4 Å². The van der Waals surface area contributed by atoms with Gasteiger partial charge in [0, 0.05) is 18.8 Å². The van der Waals surface area contributed by atoms with Crippen LogP contribution >= 0.6 is 0 Å². The minimum Gasteiger partial charge on any atom is -0.392 e. The fraction of sp³-hybridized carbons (Fsp3) is 0.333. The number of aryl methyl sites for hydroxylation is 1. The van der Waals surface area contributed by atoms with Gasteiger partial charge in [-0.3, -0.25) is 14.6 Å². The van der Waals surface area contributed by atoms with Gasteiger partial charge in [-0.05, 0) is 48.9 Å². The molecule has 3 atom stereocenters. The van der Waals surface area contributed by atoms with Crippen LogP contribution in [0.2, 0.25) is 0 Å². The van der Waals surface area contributed by atoms with E-state index >= 15 is 0 Å². The molecule has 37 heavy (non-hydrogen) atoms. The van der Waals surface area contributed by atoms with E-state index in [0.717, 1.165) is 24.0 Å². The second kappa shape index (κ2) is 11.0. The summed E-state index contributed by atoms with van der Waals surface area (Å²) < 4.78 is 0. The molecule has 1 fully saturated rings. The van der Waals surface area contributed by atoms with Crippen molar-refractivity contribution in [2.24, 2.45) is 16.8 Å². The number of benzodiazepines with no additional fused rings is 1. The quantitative estimate of drug-likeness (QED) is 0.472. The summed E-state index contributed by atoms with van der Waals surface area (Å²) in [4.78, 5) is 37.8. The molecular formula is C30H32N4O3. The number of aliphatic hydroxyl groups is 1. The fourth-order valence-electron chi connectivity index (χ4n) is 4.88. The van der Waals surface area contributed by atoms with Gasteiger partial charge in [0.1, 0.15) is 0 Å². The van der Waals surface area contributed by atoms with E-state index in [1.807, 2.05) is 72.8 Å². The van der Waals surface area contributed by atoms with Gasteiger partial charge in [0.2, 0.25) is 12.1 Å². The summed E-state index contributed by atoms with van der Waals surface area (Å²) >= 11 is 0. The smallest absolute Gasteiger partial charge is 0.272 e. The molecule has 1 aliphatic carbocycles. The van der Waals surface area contributed by atoms with Crippen molar-refractivity contribution < 1.29 is 14.7 Å². The maximum Gasteiger partial charge on any atom is 0.272 e. The van der Waals surface area contributed by atoms with Gasteiger partial charge >= 0.3 is 0 Å². The highest BCUT2D eigenvalue weighted by Gasteiger charge is 2.37. The van der Waals surface area contributed by atoms with Crippen molar-refractivity contribution in [1.29, 1.82) is 0 Å². The van der Waals surface area contributed by atoms with Crippen molar-refractivity contribution in [2.75, 3.05) is 11.9 Å². The molecule has 2 N–H and O–H groups in total. The number of rotatable bonds is 9. The van der Waals surface area contributed by atoms with Crippen LogP contribution in [0.25, 0.3) is 0 Å². The Kier molecular flexibility index (Phi) is 7.42. The van der Waals surface area contributed by atoms with Crippen LogP contribution in [0.5, 0.6) is 0 Å². The van der Waals surface area contributed by atoms with Crippen LogP contribution in [-0.4, -0.2) is 46.9 Å². The molecule has 0 bridgehead atoms. The van der Waals surface area contributed by atoms with E-state index in [9.17, 15) is 14.7 Å². The van der Waals surface area contributed by atoms with Gasteiger partial charge in [0.05, 0.1) is 29.1 Å². The van der Waals surface area contributed by atoms with Crippen LogP contribution in [-0.2, 0) is 16.0 Å². The van der Waals surface area contributed by atoms with E-state index in [0.29, 0.717) is 42.3 Å². The number of likely N-dealkylation sites (N-methyl/N-ethyl adjacent to an activating group) is 1. The van der Waals surface area contributed by atoms with Gasteiger partial charge < -0.3 is 15.3 Å². The average Bonchev–Trinajstić information content (AvgIpc) is 3.77. The van der Waals surface area contributed by atoms with Gasteiger partial charge in [0.25, 0.3) is 5.91 Å². The third-order valence-electron chi connectivity index (χ3n) is 7.19. The summed E-state index contributed by atoms with van der Waals surface area (Å²) in [6.07, 6.45) is 3.64. The monoisotopic (exact) mass is 496 g/mol. The average molecular weight is 497 g/mol. The summed E-state index contributed by atoms with van der Waals surface area (Å²) in [7, 11) is 1.69. The molecule has 190 valence electrons. The second-order valence-electron chi connectivity index (χ2n) is 9.90. The first-order valence-electron chi connectivity index (χ1n) is 12.9. The molecule has 1 saturated carbocycles. The first-order valence-corrected chi connectivity index (χ1v) is 12.9. The Morgan fingerprint density at radius 2 is 1.78 bits per heavy atom. The number of aliphatic imine (C=N–C) groups is 1. The van der Waals surface area contributed by atoms with Gasteiger partial charge in [0.15, 0.2) is 0 Å². The number of nitrogens with one attached hydrogen (secondary N) is 1. The molecule has 2 aliphatic rings. The minimum atomic E-state index is -1.12. The molecule has 3 unspecified atom stereocenters. The third-order valence-corrected chi connectivity index (χ3v) is 7.19. The van der Waals surface area contributed by atoms with Crippen LogP contribution in [0, 0.1) is 11.8 Å². The number of aliphatic hydroxyl groups excluding tert-OH is 1. The predicted molar refractivity (Wildman–Crippen MR) is 143 cm³/mol. The van der Waals surface area contributed by atoms with Crippen molar-refractivity contribution in [3.63, 3.8) is 0 Å². The lowest BCUT2D eigenvalue weighted by Crippen LogP contribution is -2.49. The number of para-hydroxylation sites is 1. The Morgan fingerprint density at radius 3 is 2.51 bits per heavy atom. The Labute approximate surface area is 217 Å². The molecule has 5 rings (SSSR count). The van der Waals surface area contributed by atoms with E-state index in [2.05, 4.69) is 10.3 Å². The van der Waals surface area contributed by atoms with Crippen molar-refractivity contribution in [3.05, 3.63) is 95.8 Å². The standard InChI is InChI=1S/C30H32N4O3/c1-34-25-13-6-5-11-22(25)27(24-12-7-8-18-31-24)32-28(30(34)37)33-29(36)23(19-21-14-15-21)26(35)17-16-20-9-3-2-4-10-20/h2-13,18,21,23,26,28,35H,14-17,19H2,1H3,(H,33,36). The molecule has 7 nitrogen and oxygen atoms in total. The van der Waals surface area contributed by atoms with Gasteiger partial charge in [-0.25, -0.2) is 4.99 Å². The lowest BCUT2D eigenvalue weighted by Gasteiger charge is -2.25. The molecule has 1 aliphatic heterocycles. The zero-order valence-electron chi connectivity index (χ0n) is 21.0. The maximum absolute atomic E-state index is 13.6. The number of nitrogens with zero attached hydrogens (tertiary/aromatic N) is 3. The summed E-state index contributed by atoms with van der Waals surface area (Å²) in [6.45, 7) is 0. The molecule has 3 aromatic rings. The van der Waals surface area contributed by atoms with Crippen LogP contribution < -0.4 is 10.2 Å². The summed E-state index contributed by atoms with van der Waals surface area (Å²) in [5, 5.41) is 14.0. The number of carbonyl (C=O) groups is 2. The van der Waals surface area contributed by atoms with Gasteiger partial charge in [-0.2, -0.15) is 0 Å². The largest absolute Gasteiger partial charge is 0.392 e. The summed E-state index contributed by atoms with van der Waals surface area (Å²) in [5.41, 5.74) is 3.75. The highest BCUT2D eigenvalue weighted by molar-refractivity contribution is 6.19. The zero-order valence-corrected chi connectivity index (χ0v) is 21.0. The Hall–Kier alpha value is -3.84. The van der Waals surface area contributed by atoms with E-state index in [1.165, 1.54) is 4.90 Å². The number of fused-ring (bicyclic) bond motifs is 1. The molecular weight excluding hydrogens is 464 g/mol. The Morgan fingerprint density at radius 1 is 1.05 bits per heavy atom. The lowest BCUT2D eigenvalue weighted by atomic mass is 9.90. The molecule has 0 saturated heterocycles. The Balaban J connectivity index is 1.40. The molecule has 2 amide bonds. The summed E-state index contributed by atoms with van der Waals surface area (Å²) in [5.74, 6) is -0.843. The van der Waals surface area contributed by atoms with E-state index in [-0.39, 0.29) is 11.8 Å². The maximum atomic E-state index is 13.6. The lowest BCUT2D eigenvalue weighted by molar-refractivity contribution is -0.133. The van der Waals surface area contributed by atoms with E-state index in [1.54, 1.807) is 13.2 Å². The number of hydrogen-bond donors (Lipinski definition) is 2. The number of pyridine rings is 1. The molecule has 2 heterocycles. The third kappa shape index (κ3) is 5.78. The van der Waals surface area contributed by atoms with Crippen LogP contribution in [0.3, 0.4) is 0 Å². The number of benzene rings is 2. The number of anilines is 1. The fourth-order valence-corrected chi connectivity index (χ4v) is 4.88. The van der Waals surface area contributed by atoms with Crippen molar-refractivity contribution in [1.82, 2.24) is 10.3 Å². The molecule has 0 radical (unpaired) electrons. The predicted octanol–water partition coefficient (Wildman–Crippen LogP) is 3.75. The van der Waals surface area contributed by atoms with Crippen molar-refractivity contribution >= 4 is 23.2 Å². The Bertz CT molecular complexity index is 1270. The zero-order chi connectivity index (χ0) is 25.8. The second-order valence-corrected chi connectivity index (χ2v) is 9.90. The SMILES string of the molecule is CN1C(=O)C(NC(=O)C(CC2CC2)C(O)CCc2ccccc2)N=C(c2ccccn2)c2ccccc21. The van der Waals surface area contributed by atoms with E-state index in [4.69, 9.17) is 4.99 Å². The summed E-state index contributed by atoms with van der Waals surface area (Å²) in [6, 6.07) is 23.0. The first kappa shape index (κ1) is 24.8. The number of hydrogen-bond acceptors (Lipinski definition) is 5. The topological polar surface area (TPSA) is 94.9 Å². The molecule has 2 aromatic carbocycles. The highest BCUT2D eigenvalue weighted by atomic mass is 16.3. The molecule has 7 heteroatoms. The minimum absolute atomic E-state index is 0.337. The van der Waals surface area contributed by atoms with Crippen LogP contribution in [0.15, 0.2) is 84.0 Å². The molecule has 0 spiro atoms. The highest BCUT2D eigenvalue weighted by Crippen LogP contribution is 2.37. The van der Waals surface area contributed by atoms with Gasteiger partial charge in [-0.15, -0.1) is 0 Å². The first-order chi connectivity index (χ1) is 18.0. The van der Waals surface area contributed by atoms with E-state index < -0.39 is 18.2 Å². The molecule has 1 aromatic heterocycles. The van der Waals surface area contributed by atoms with Crippen LogP contribution in [0.1, 0.15) is 42.5 Å². The van der Waals surface area contributed by atoms with Crippen LogP contribution in [0.4, 0.5) is 5.69 Å².